The quantitative estimate of drug-likeness (QED) is 0.570. The molecular formula is C21H32N4O2. The Hall–Kier alpha value is -2.24. The van der Waals surface area contributed by atoms with Crippen molar-refractivity contribution in [2.24, 2.45) is 4.99 Å². The number of hydrogen-bond acceptors (Lipinski definition) is 3. The van der Waals surface area contributed by atoms with Gasteiger partial charge >= 0.3 is 0 Å². The lowest BCUT2D eigenvalue weighted by Crippen LogP contribution is -2.45. The summed E-state index contributed by atoms with van der Waals surface area (Å²) in [7, 11) is 0. The van der Waals surface area contributed by atoms with Crippen molar-refractivity contribution >= 4 is 11.9 Å². The zero-order valence-corrected chi connectivity index (χ0v) is 16.5. The minimum Gasteiger partial charge on any atom is -0.490 e. The number of nitrogens with one attached hydrogen (secondary N) is 2. The average Bonchev–Trinajstić information content (AvgIpc) is 3.11. The number of guanidine groups is 1. The molecule has 1 heterocycles. The third-order valence-corrected chi connectivity index (χ3v) is 5.25. The maximum absolute atomic E-state index is 11.9. The Morgan fingerprint density at radius 1 is 1.26 bits per heavy atom. The molecule has 2 aliphatic rings. The lowest BCUT2D eigenvalue weighted by Gasteiger charge is -2.27. The van der Waals surface area contributed by atoms with Crippen molar-refractivity contribution in [2.75, 3.05) is 19.6 Å². The van der Waals surface area contributed by atoms with Gasteiger partial charge in [-0.25, -0.2) is 4.99 Å². The van der Waals surface area contributed by atoms with E-state index in [1.54, 1.807) is 0 Å². The summed E-state index contributed by atoms with van der Waals surface area (Å²) in [4.78, 5) is 18.6. The molecule has 0 bridgehead atoms. The summed E-state index contributed by atoms with van der Waals surface area (Å²) in [6.45, 7) is 6.92. The van der Waals surface area contributed by atoms with Crippen LogP contribution >= 0.6 is 0 Å². The van der Waals surface area contributed by atoms with Gasteiger partial charge in [0.25, 0.3) is 0 Å². The Balaban J connectivity index is 1.60. The number of ether oxygens (including phenoxy) is 1. The van der Waals surface area contributed by atoms with Crippen molar-refractivity contribution in [3.8, 4) is 5.75 Å². The average molecular weight is 373 g/mol. The summed E-state index contributed by atoms with van der Waals surface area (Å²) in [6.07, 6.45) is 5.45. The van der Waals surface area contributed by atoms with Crippen LogP contribution in [0.25, 0.3) is 0 Å². The van der Waals surface area contributed by atoms with E-state index in [2.05, 4.69) is 23.6 Å². The number of carbonyl (C=O) groups is 1. The van der Waals surface area contributed by atoms with E-state index in [1.807, 2.05) is 30.0 Å². The summed E-state index contributed by atoms with van der Waals surface area (Å²) in [5.74, 6) is 1.97. The number of hydrogen-bond donors (Lipinski definition) is 2. The number of carbonyl (C=O) groups excluding carboxylic acids is 1. The predicted octanol–water partition coefficient (Wildman–Crippen LogP) is 2.68. The standard InChI is InChI=1S/C21H32N4O2/c1-3-20(26)25-13-12-17(15-25)24-21(22-4-2)23-14-16-8-5-6-11-19(16)27-18-9-7-10-18/h5-6,8,11,17-18H,3-4,7,9-10,12-15H2,1-2H3,(H2,22,23,24). The molecule has 6 heteroatoms. The second-order valence-corrected chi connectivity index (χ2v) is 7.30. The molecule has 2 N–H and O–H groups in total. The Bertz CT molecular complexity index is 657. The number of para-hydroxylation sites is 1. The van der Waals surface area contributed by atoms with Crippen LogP contribution in [0.15, 0.2) is 29.3 Å². The number of nitrogens with zero attached hydrogens (tertiary/aromatic N) is 2. The van der Waals surface area contributed by atoms with Crippen LogP contribution in [0.2, 0.25) is 0 Å². The smallest absolute Gasteiger partial charge is 0.222 e. The highest BCUT2D eigenvalue weighted by Gasteiger charge is 2.26. The third-order valence-electron chi connectivity index (χ3n) is 5.25. The fraction of sp³-hybridized carbons (Fsp3) is 0.619. The van der Waals surface area contributed by atoms with Gasteiger partial charge in [0.1, 0.15) is 5.75 Å². The van der Waals surface area contributed by atoms with Gasteiger partial charge in [-0.3, -0.25) is 4.79 Å². The molecule has 1 aromatic rings. The van der Waals surface area contributed by atoms with Gasteiger partial charge in [0.05, 0.1) is 12.6 Å². The van der Waals surface area contributed by atoms with Gasteiger partial charge in [-0.2, -0.15) is 0 Å². The summed E-state index contributed by atoms with van der Waals surface area (Å²) in [6, 6.07) is 8.42. The first kappa shape index (κ1) is 19.5. The molecule has 0 aromatic heterocycles. The molecule has 1 saturated carbocycles. The lowest BCUT2D eigenvalue weighted by molar-refractivity contribution is -0.129. The van der Waals surface area contributed by atoms with E-state index in [0.717, 1.165) is 56.2 Å². The van der Waals surface area contributed by atoms with Crippen LogP contribution in [-0.4, -0.2) is 48.5 Å². The van der Waals surface area contributed by atoms with E-state index in [4.69, 9.17) is 9.73 Å². The molecule has 1 amide bonds. The monoisotopic (exact) mass is 372 g/mol. The first-order valence-corrected chi connectivity index (χ1v) is 10.3. The van der Waals surface area contributed by atoms with Crippen LogP contribution in [0.1, 0.15) is 51.5 Å². The van der Waals surface area contributed by atoms with Crippen molar-refractivity contribution in [2.45, 2.75) is 64.6 Å². The highest BCUT2D eigenvalue weighted by atomic mass is 16.5. The summed E-state index contributed by atoms with van der Waals surface area (Å²) < 4.78 is 6.11. The highest BCUT2D eigenvalue weighted by Crippen LogP contribution is 2.27. The molecule has 1 saturated heterocycles. The highest BCUT2D eigenvalue weighted by molar-refractivity contribution is 5.80. The Labute approximate surface area is 162 Å². The van der Waals surface area contributed by atoms with Crippen LogP contribution in [0, 0.1) is 0 Å². The second kappa shape index (κ2) is 9.62. The number of amides is 1. The van der Waals surface area contributed by atoms with Gasteiger partial charge in [-0.05, 0) is 38.7 Å². The first-order valence-electron chi connectivity index (χ1n) is 10.3. The summed E-state index contributed by atoms with van der Waals surface area (Å²) in [5.41, 5.74) is 1.11. The van der Waals surface area contributed by atoms with E-state index >= 15 is 0 Å². The summed E-state index contributed by atoms with van der Waals surface area (Å²) in [5, 5.41) is 6.80. The normalized spacial score (nSPS) is 20.3. The number of benzene rings is 1. The van der Waals surface area contributed by atoms with E-state index < -0.39 is 0 Å². The van der Waals surface area contributed by atoms with Crippen molar-refractivity contribution in [3.05, 3.63) is 29.8 Å². The largest absolute Gasteiger partial charge is 0.490 e. The van der Waals surface area contributed by atoms with E-state index in [0.29, 0.717) is 19.1 Å². The maximum atomic E-state index is 11.9. The predicted molar refractivity (Wildman–Crippen MR) is 108 cm³/mol. The fourth-order valence-corrected chi connectivity index (χ4v) is 3.42. The Morgan fingerprint density at radius 2 is 2.07 bits per heavy atom. The van der Waals surface area contributed by atoms with Gasteiger partial charge in [0, 0.05) is 37.7 Å². The molecule has 0 radical (unpaired) electrons. The van der Waals surface area contributed by atoms with E-state index in [9.17, 15) is 4.79 Å². The number of rotatable bonds is 7. The third kappa shape index (κ3) is 5.37. The van der Waals surface area contributed by atoms with Crippen LogP contribution in [0.5, 0.6) is 5.75 Å². The topological polar surface area (TPSA) is 66.0 Å². The van der Waals surface area contributed by atoms with Crippen molar-refractivity contribution < 1.29 is 9.53 Å². The molecule has 6 nitrogen and oxygen atoms in total. The minimum absolute atomic E-state index is 0.225. The molecule has 1 unspecified atom stereocenters. The molecule has 2 fully saturated rings. The Morgan fingerprint density at radius 3 is 2.78 bits per heavy atom. The molecular weight excluding hydrogens is 340 g/mol. The van der Waals surface area contributed by atoms with Crippen molar-refractivity contribution in [1.29, 1.82) is 0 Å². The van der Waals surface area contributed by atoms with Gasteiger partial charge in [0.15, 0.2) is 5.96 Å². The van der Waals surface area contributed by atoms with Crippen LogP contribution in [-0.2, 0) is 11.3 Å². The van der Waals surface area contributed by atoms with Gasteiger partial charge < -0.3 is 20.3 Å². The molecule has 27 heavy (non-hydrogen) atoms. The SMILES string of the molecule is CCNC(=NCc1ccccc1OC1CCC1)NC1CCN(C(=O)CC)C1. The second-order valence-electron chi connectivity index (χ2n) is 7.30. The maximum Gasteiger partial charge on any atom is 0.222 e. The van der Waals surface area contributed by atoms with E-state index in [-0.39, 0.29) is 11.9 Å². The first-order chi connectivity index (χ1) is 13.2. The molecule has 148 valence electrons. The Kier molecular flexibility index (Phi) is 6.96. The van der Waals surface area contributed by atoms with Crippen LogP contribution < -0.4 is 15.4 Å². The van der Waals surface area contributed by atoms with Crippen LogP contribution in [0.4, 0.5) is 0 Å². The van der Waals surface area contributed by atoms with Gasteiger partial charge in [-0.15, -0.1) is 0 Å². The molecule has 3 rings (SSSR count). The molecule has 1 atom stereocenters. The fourth-order valence-electron chi connectivity index (χ4n) is 3.42. The van der Waals surface area contributed by atoms with Crippen molar-refractivity contribution in [1.82, 2.24) is 15.5 Å². The zero-order chi connectivity index (χ0) is 19.1. The molecule has 0 spiro atoms. The van der Waals surface area contributed by atoms with Gasteiger partial charge in [0.2, 0.25) is 5.91 Å². The van der Waals surface area contributed by atoms with E-state index in [1.165, 1.54) is 6.42 Å². The van der Waals surface area contributed by atoms with Crippen LogP contribution in [0.3, 0.4) is 0 Å². The van der Waals surface area contributed by atoms with Crippen molar-refractivity contribution in [3.63, 3.8) is 0 Å². The summed E-state index contributed by atoms with van der Waals surface area (Å²) >= 11 is 0. The van der Waals surface area contributed by atoms with Gasteiger partial charge in [-0.1, -0.05) is 25.1 Å². The molecule has 1 aliphatic heterocycles. The lowest BCUT2D eigenvalue weighted by atomic mass is 9.96. The molecule has 1 aliphatic carbocycles. The number of aliphatic imine (C=N–C) groups is 1. The molecule has 1 aromatic carbocycles. The minimum atomic E-state index is 0.225. The number of likely N-dealkylation sites (tertiary alicyclic amines) is 1. The zero-order valence-electron chi connectivity index (χ0n) is 16.5.